The van der Waals surface area contributed by atoms with Crippen molar-refractivity contribution in [1.29, 1.82) is 0 Å². The molecule has 1 aliphatic rings. The molecular weight excluding hydrogens is 263 g/mol. The quantitative estimate of drug-likeness (QED) is 0.828. The number of likely N-dealkylation sites (tertiary alicyclic amines) is 1. The van der Waals surface area contributed by atoms with Gasteiger partial charge in [0, 0.05) is 6.54 Å². The summed E-state index contributed by atoms with van der Waals surface area (Å²) < 4.78 is 13.4. The number of halogens is 1. The minimum Gasteiger partial charge on any atom is -0.479 e. The van der Waals surface area contributed by atoms with Crippen LogP contribution in [-0.4, -0.2) is 34.0 Å². The first kappa shape index (κ1) is 14.3. The topological polar surface area (TPSA) is 83.6 Å². The zero-order chi connectivity index (χ0) is 14.9. The number of para-hydroxylation sites is 1. The molecule has 0 aromatic heterocycles. The smallest absolute Gasteiger partial charge is 0.329 e. The predicted molar refractivity (Wildman–Crippen MR) is 71.7 cm³/mol. The Bertz CT molecular complexity index is 561. The Labute approximate surface area is 116 Å². The number of hydrogen-bond donors (Lipinski definition) is 2. The first-order chi connectivity index (χ1) is 9.44. The highest BCUT2D eigenvalue weighted by Gasteiger charge is 2.48. The molecule has 1 heterocycles. The summed E-state index contributed by atoms with van der Waals surface area (Å²) in [5, 5.41) is 9.45. The van der Waals surface area contributed by atoms with Crippen LogP contribution in [0.1, 0.15) is 36.5 Å². The number of carboxylic acid groups (broad SMARTS) is 1. The molecule has 1 aliphatic heterocycles. The third kappa shape index (κ3) is 2.01. The number of carbonyl (C=O) groups is 2. The molecule has 1 aromatic carbocycles. The van der Waals surface area contributed by atoms with E-state index in [0.29, 0.717) is 25.8 Å². The number of hydrogen-bond acceptors (Lipinski definition) is 3. The lowest BCUT2D eigenvalue weighted by Crippen LogP contribution is -2.52. The molecule has 1 amide bonds. The lowest BCUT2D eigenvalue weighted by Gasteiger charge is -2.34. The van der Waals surface area contributed by atoms with Crippen molar-refractivity contribution in [2.45, 2.75) is 31.7 Å². The SMILES string of the molecule is CCC1(C(=O)O)CCCN1C(=O)c1cccc(F)c1N. The zero-order valence-corrected chi connectivity index (χ0v) is 11.2. The molecule has 1 aromatic rings. The number of carbonyl (C=O) groups excluding carboxylic acids is 1. The lowest BCUT2D eigenvalue weighted by atomic mass is 9.92. The summed E-state index contributed by atoms with van der Waals surface area (Å²) in [6.07, 6.45) is 1.32. The minimum atomic E-state index is -1.21. The van der Waals surface area contributed by atoms with Gasteiger partial charge in [0.1, 0.15) is 11.4 Å². The normalized spacial score (nSPS) is 22.0. The van der Waals surface area contributed by atoms with Gasteiger partial charge in [0.05, 0.1) is 11.3 Å². The van der Waals surface area contributed by atoms with Crippen LogP contribution < -0.4 is 5.73 Å². The molecule has 1 atom stereocenters. The van der Waals surface area contributed by atoms with Crippen LogP contribution in [0.5, 0.6) is 0 Å². The maximum atomic E-state index is 13.4. The van der Waals surface area contributed by atoms with Gasteiger partial charge in [-0.1, -0.05) is 13.0 Å². The van der Waals surface area contributed by atoms with Crippen LogP contribution >= 0.6 is 0 Å². The second kappa shape index (κ2) is 5.11. The molecule has 1 fully saturated rings. The number of nitrogen functional groups attached to an aromatic ring is 1. The Morgan fingerprint density at radius 1 is 1.50 bits per heavy atom. The predicted octanol–water partition coefficient (Wildman–Crippen LogP) is 1.88. The maximum Gasteiger partial charge on any atom is 0.329 e. The minimum absolute atomic E-state index is 0.0194. The molecule has 0 bridgehead atoms. The fourth-order valence-corrected chi connectivity index (χ4v) is 2.78. The van der Waals surface area contributed by atoms with E-state index in [9.17, 15) is 19.1 Å². The molecule has 1 unspecified atom stereocenters. The molecule has 108 valence electrons. The molecule has 1 saturated heterocycles. The van der Waals surface area contributed by atoms with Crippen LogP contribution in [0.3, 0.4) is 0 Å². The Morgan fingerprint density at radius 2 is 2.20 bits per heavy atom. The molecule has 5 nitrogen and oxygen atoms in total. The third-order valence-electron chi connectivity index (χ3n) is 4.00. The van der Waals surface area contributed by atoms with Crippen LogP contribution in [0.15, 0.2) is 18.2 Å². The average Bonchev–Trinajstić information content (AvgIpc) is 2.86. The van der Waals surface area contributed by atoms with E-state index in [1.807, 2.05) is 0 Å². The van der Waals surface area contributed by atoms with E-state index in [4.69, 9.17) is 5.73 Å². The third-order valence-corrected chi connectivity index (χ3v) is 4.00. The lowest BCUT2D eigenvalue weighted by molar-refractivity contribution is -0.148. The number of amides is 1. The Morgan fingerprint density at radius 3 is 2.80 bits per heavy atom. The van der Waals surface area contributed by atoms with Crippen molar-refractivity contribution in [2.24, 2.45) is 0 Å². The van der Waals surface area contributed by atoms with Crippen LogP contribution in [0.25, 0.3) is 0 Å². The standard InChI is InChI=1S/C14H17FN2O3/c1-2-14(13(19)20)7-4-8-17(14)12(18)9-5-3-6-10(15)11(9)16/h3,5-6H,2,4,7-8,16H2,1H3,(H,19,20). The van der Waals surface area contributed by atoms with Gasteiger partial charge in [0.15, 0.2) is 0 Å². The number of rotatable bonds is 3. The summed E-state index contributed by atoms with van der Waals surface area (Å²) in [4.78, 5) is 25.4. The first-order valence-electron chi connectivity index (χ1n) is 6.53. The van der Waals surface area contributed by atoms with E-state index in [1.54, 1.807) is 6.92 Å². The van der Waals surface area contributed by atoms with E-state index in [-0.39, 0.29) is 11.3 Å². The van der Waals surface area contributed by atoms with E-state index >= 15 is 0 Å². The number of nitrogens with two attached hydrogens (primary N) is 1. The highest BCUT2D eigenvalue weighted by Crippen LogP contribution is 2.35. The monoisotopic (exact) mass is 280 g/mol. The zero-order valence-electron chi connectivity index (χ0n) is 11.2. The molecule has 3 N–H and O–H groups in total. The second-order valence-electron chi connectivity index (χ2n) is 4.95. The van der Waals surface area contributed by atoms with Gasteiger partial charge in [-0.3, -0.25) is 4.79 Å². The molecule has 2 rings (SSSR count). The second-order valence-corrected chi connectivity index (χ2v) is 4.95. The van der Waals surface area contributed by atoms with Crippen molar-refractivity contribution in [3.8, 4) is 0 Å². The number of carboxylic acids is 1. The molecule has 0 saturated carbocycles. The van der Waals surface area contributed by atoms with Crippen molar-refractivity contribution in [1.82, 2.24) is 4.90 Å². The van der Waals surface area contributed by atoms with Crippen molar-refractivity contribution >= 4 is 17.6 Å². The summed E-state index contributed by atoms with van der Waals surface area (Å²) in [6.45, 7) is 2.07. The van der Waals surface area contributed by atoms with Gasteiger partial charge in [0.25, 0.3) is 5.91 Å². The van der Waals surface area contributed by atoms with Gasteiger partial charge in [-0.25, -0.2) is 9.18 Å². The highest BCUT2D eigenvalue weighted by atomic mass is 19.1. The van der Waals surface area contributed by atoms with E-state index in [1.165, 1.54) is 23.1 Å². The fraction of sp³-hybridized carbons (Fsp3) is 0.429. The Kier molecular flexibility index (Phi) is 3.65. The Hall–Kier alpha value is -2.11. The van der Waals surface area contributed by atoms with E-state index < -0.39 is 23.2 Å². The summed E-state index contributed by atoms with van der Waals surface area (Å²) in [7, 11) is 0. The molecule has 0 radical (unpaired) electrons. The van der Waals surface area contributed by atoms with E-state index in [2.05, 4.69) is 0 Å². The molecule has 0 spiro atoms. The van der Waals surface area contributed by atoms with Crippen molar-refractivity contribution < 1.29 is 19.1 Å². The van der Waals surface area contributed by atoms with Crippen LogP contribution in [-0.2, 0) is 4.79 Å². The van der Waals surface area contributed by atoms with Gasteiger partial charge in [-0.15, -0.1) is 0 Å². The number of anilines is 1. The van der Waals surface area contributed by atoms with Gasteiger partial charge < -0.3 is 15.7 Å². The van der Waals surface area contributed by atoms with Crippen molar-refractivity contribution in [3.05, 3.63) is 29.6 Å². The molecular formula is C14H17FN2O3. The maximum absolute atomic E-state index is 13.4. The van der Waals surface area contributed by atoms with Crippen LogP contribution in [0.4, 0.5) is 10.1 Å². The molecule has 6 heteroatoms. The molecule has 0 aliphatic carbocycles. The van der Waals surface area contributed by atoms with Crippen LogP contribution in [0, 0.1) is 5.82 Å². The largest absolute Gasteiger partial charge is 0.479 e. The van der Waals surface area contributed by atoms with Gasteiger partial charge >= 0.3 is 5.97 Å². The number of aliphatic carboxylic acids is 1. The van der Waals surface area contributed by atoms with Gasteiger partial charge in [-0.05, 0) is 31.4 Å². The van der Waals surface area contributed by atoms with Gasteiger partial charge in [-0.2, -0.15) is 0 Å². The average molecular weight is 280 g/mol. The van der Waals surface area contributed by atoms with Crippen molar-refractivity contribution in [3.63, 3.8) is 0 Å². The summed E-state index contributed by atoms with van der Waals surface area (Å²) in [5.74, 6) is -2.22. The first-order valence-corrected chi connectivity index (χ1v) is 6.53. The van der Waals surface area contributed by atoms with Crippen LogP contribution in [0.2, 0.25) is 0 Å². The fourth-order valence-electron chi connectivity index (χ4n) is 2.78. The van der Waals surface area contributed by atoms with E-state index in [0.717, 1.165) is 0 Å². The number of nitrogens with zero attached hydrogens (tertiary/aromatic N) is 1. The molecule has 20 heavy (non-hydrogen) atoms. The van der Waals surface area contributed by atoms with Gasteiger partial charge in [0.2, 0.25) is 0 Å². The highest BCUT2D eigenvalue weighted by molar-refractivity contribution is 6.02. The number of benzene rings is 1. The summed E-state index contributed by atoms with van der Waals surface area (Å²) in [6, 6.07) is 3.98. The summed E-state index contributed by atoms with van der Waals surface area (Å²) in [5.41, 5.74) is 4.16. The summed E-state index contributed by atoms with van der Waals surface area (Å²) >= 11 is 0. The Balaban J connectivity index is 2.42. The van der Waals surface area contributed by atoms with Crippen molar-refractivity contribution in [2.75, 3.05) is 12.3 Å².